The van der Waals surface area contributed by atoms with E-state index in [1.807, 2.05) is 13.8 Å². The maximum Gasteiger partial charge on any atom is 0.294 e. The minimum Gasteiger partial charge on any atom is -0.350 e. The molecule has 0 bridgehead atoms. The van der Waals surface area contributed by atoms with Crippen molar-refractivity contribution in [1.29, 1.82) is 0 Å². The van der Waals surface area contributed by atoms with Gasteiger partial charge in [0.25, 0.3) is 11.6 Å². The molecule has 1 atom stereocenters. The van der Waals surface area contributed by atoms with Crippen LogP contribution in [0.5, 0.6) is 0 Å². The highest BCUT2D eigenvalue weighted by atomic mass is 16.6. The number of amides is 4. The van der Waals surface area contributed by atoms with E-state index in [-0.39, 0.29) is 97.1 Å². The van der Waals surface area contributed by atoms with Gasteiger partial charge in [-0.15, -0.1) is 0 Å². The van der Waals surface area contributed by atoms with E-state index in [0.29, 0.717) is 12.0 Å². The van der Waals surface area contributed by atoms with E-state index in [1.54, 1.807) is 13.8 Å². The average Bonchev–Trinajstić information content (AvgIpc) is 3.37. The molecule has 2 heterocycles. The van der Waals surface area contributed by atoms with Crippen molar-refractivity contribution in [2.75, 3.05) is 24.5 Å². The molecular weight excluding hydrogens is 468 g/mol. The van der Waals surface area contributed by atoms with Crippen molar-refractivity contribution >= 4 is 40.8 Å². The number of likely N-dealkylation sites (tertiary alicyclic amines) is 1. The second-order valence-electron chi connectivity index (χ2n) is 9.87. The van der Waals surface area contributed by atoms with E-state index in [4.69, 9.17) is 0 Å². The molecule has 0 spiro atoms. The van der Waals surface area contributed by atoms with E-state index in [0.717, 1.165) is 11.0 Å². The van der Waals surface area contributed by atoms with Gasteiger partial charge in [-0.1, -0.05) is 27.7 Å². The first-order chi connectivity index (χ1) is 16.9. The van der Waals surface area contributed by atoms with Gasteiger partial charge in [0.15, 0.2) is 0 Å². The summed E-state index contributed by atoms with van der Waals surface area (Å²) in [5.41, 5.74) is 0.362. The van der Waals surface area contributed by atoms with Crippen molar-refractivity contribution in [3.05, 3.63) is 33.4 Å². The highest BCUT2D eigenvalue weighted by Crippen LogP contribution is 2.38. The van der Waals surface area contributed by atoms with Crippen molar-refractivity contribution in [2.24, 2.45) is 17.8 Å². The SMILES string of the molecule is CC(C)C(=O)CCC(=O)N1CCc2cc(C(=O)NCCN3C(=O)CC(C(C)C)C3=O)cc([N+](=O)[O-])c21. The molecule has 1 aromatic rings. The first-order valence-electron chi connectivity index (χ1n) is 12.2. The van der Waals surface area contributed by atoms with Crippen LogP contribution in [0.25, 0.3) is 0 Å². The molecule has 194 valence electrons. The number of fused-ring (bicyclic) bond motifs is 1. The fraction of sp³-hybridized carbons (Fsp3) is 0.560. The third-order valence-corrected chi connectivity index (χ3v) is 6.74. The number of imide groups is 1. The van der Waals surface area contributed by atoms with Gasteiger partial charge in [-0.25, -0.2) is 0 Å². The number of carbonyl (C=O) groups excluding carboxylic acids is 5. The summed E-state index contributed by atoms with van der Waals surface area (Å²) in [4.78, 5) is 75.6. The van der Waals surface area contributed by atoms with Crippen molar-refractivity contribution in [2.45, 2.75) is 53.4 Å². The molecule has 0 aromatic heterocycles. The van der Waals surface area contributed by atoms with Crippen molar-refractivity contribution in [3.63, 3.8) is 0 Å². The van der Waals surface area contributed by atoms with Gasteiger partial charge in [0.1, 0.15) is 11.5 Å². The number of rotatable bonds is 10. The van der Waals surface area contributed by atoms with Gasteiger partial charge in [-0.3, -0.25) is 39.0 Å². The average molecular weight is 501 g/mol. The Labute approximate surface area is 209 Å². The Morgan fingerprint density at radius 2 is 1.83 bits per heavy atom. The van der Waals surface area contributed by atoms with Crippen LogP contribution >= 0.6 is 0 Å². The number of carbonyl (C=O) groups is 5. The van der Waals surface area contributed by atoms with Crippen LogP contribution in [0.1, 0.15) is 62.9 Å². The Bertz CT molecular complexity index is 1110. The quantitative estimate of drug-likeness (QED) is 0.294. The first-order valence-corrected chi connectivity index (χ1v) is 12.2. The van der Waals surface area contributed by atoms with Gasteiger partial charge < -0.3 is 10.2 Å². The Morgan fingerprint density at radius 3 is 2.42 bits per heavy atom. The number of Topliss-reactive ketones (excluding diaryl/α,β-unsaturated/α-hetero) is 1. The number of hydrogen-bond donors (Lipinski definition) is 1. The minimum absolute atomic E-state index is 0.0144. The van der Waals surface area contributed by atoms with E-state index in [2.05, 4.69) is 5.32 Å². The molecule has 36 heavy (non-hydrogen) atoms. The van der Waals surface area contributed by atoms with E-state index in [9.17, 15) is 34.1 Å². The molecule has 11 nitrogen and oxygen atoms in total. The number of nitro benzene ring substituents is 1. The number of hydrogen-bond acceptors (Lipinski definition) is 7. The third-order valence-electron chi connectivity index (χ3n) is 6.74. The van der Waals surface area contributed by atoms with Crippen LogP contribution in [0.4, 0.5) is 11.4 Å². The van der Waals surface area contributed by atoms with Crippen LogP contribution < -0.4 is 10.2 Å². The topological polar surface area (TPSA) is 147 Å². The molecule has 4 amide bonds. The molecular formula is C25H32N4O7. The number of ketones is 1. The molecule has 1 fully saturated rings. The Morgan fingerprint density at radius 1 is 1.14 bits per heavy atom. The Kier molecular flexibility index (Phi) is 8.21. The zero-order valence-corrected chi connectivity index (χ0v) is 21.0. The summed E-state index contributed by atoms with van der Waals surface area (Å²) in [5.74, 6) is -2.05. The molecule has 3 rings (SSSR count). The zero-order chi connectivity index (χ0) is 26.7. The number of anilines is 1. The van der Waals surface area contributed by atoms with E-state index < -0.39 is 10.8 Å². The summed E-state index contributed by atoms with van der Waals surface area (Å²) in [6.45, 7) is 7.52. The van der Waals surface area contributed by atoms with Crippen LogP contribution in [0, 0.1) is 27.9 Å². The summed E-state index contributed by atoms with van der Waals surface area (Å²) in [6.07, 6.45) is 0.523. The molecule has 1 N–H and O–H groups in total. The fourth-order valence-electron chi connectivity index (χ4n) is 4.55. The standard InChI is InChI=1S/C25H32N4O7/c1-14(2)18-13-22(32)28(25(18)34)10-8-26-24(33)17-11-16-7-9-27(23(16)19(12-17)29(35)36)21(31)6-5-20(30)15(3)4/h11-12,14-15,18H,5-10,13H2,1-4H3,(H,26,33). The normalized spacial score (nSPS) is 17.2. The predicted octanol–water partition coefficient (Wildman–Crippen LogP) is 2.25. The van der Waals surface area contributed by atoms with Crippen LogP contribution in [0.15, 0.2) is 12.1 Å². The third kappa shape index (κ3) is 5.60. The second kappa shape index (κ2) is 11.0. The van der Waals surface area contributed by atoms with Crippen LogP contribution in [0.3, 0.4) is 0 Å². The zero-order valence-electron chi connectivity index (χ0n) is 21.0. The minimum atomic E-state index is -0.631. The molecule has 2 aliphatic heterocycles. The first kappa shape index (κ1) is 27.0. The fourth-order valence-corrected chi connectivity index (χ4v) is 4.55. The van der Waals surface area contributed by atoms with Crippen LogP contribution in [0.2, 0.25) is 0 Å². The highest BCUT2D eigenvalue weighted by Gasteiger charge is 2.39. The largest absolute Gasteiger partial charge is 0.350 e. The number of benzene rings is 1. The lowest BCUT2D eigenvalue weighted by atomic mass is 9.94. The molecule has 1 aromatic carbocycles. The van der Waals surface area contributed by atoms with Gasteiger partial charge >= 0.3 is 0 Å². The Balaban J connectivity index is 1.69. The van der Waals surface area contributed by atoms with Crippen molar-refractivity contribution in [3.8, 4) is 0 Å². The predicted molar refractivity (Wildman–Crippen MR) is 130 cm³/mol. The van der Waals surface area contributed by atoms with Gasteiger partial charge in [-0.05, 0) is 24.0 Å². The van der Waals surface area contributed by atoms with Crippen molar-refractivity contribution in [1.82, 2.24) is 10.2 Å². The summed E-state index contributed by atoms with van der Waals surface area (Å²) in [6, 6.07) is 2.64. The number of nitrogens with zero attached hydrogens (tertiary/aromatic N) is 3. The van der Waals surface area contributed by atoms with Crippen LogP contribution in [-0.2, 0) is 25.6 Å². The highest BCUT2D eigenvalue weighted by molar-refractivity contribution is 6.04. The lowest BCUT2D eigenvalue weighted by Gasteiger charge is -2.18. The lowest BCUT2D eigenvalue weighted by Crippen LogP contribution is -2.39. The monoisotopic (exact) mass is 500 g/mol. The van der Waals surface area contributed by atoms with E-state index >= 15 is 0 Å². The smallest absolute Gasteiger partial charge is 0.294 e. The molecule has 1 saturated heterocycles. The second-order valence-corrected chi connectivity index (χ2v) is 9.87. The summed E-state index contributed by atoms with van der Waals surface area (Å²) >= 11 is 0. The summed E-state index contributed by atoms with van der Waals surface area (Å²) < 4.78 is 0. The van der Waals surface area contributed by atoms with E-state index in [1.165, 1.54) is 11.0 Å². The van der Waals surface area contributed by atoms with Gasteiger partial charge in [0, 0.05) is 62.4 Å². The molecule has 1 unspecified atom stereocenters. The molecule has 0 aliphatic carbocycles. The van der Waals surface area contributed by atoms with Gasteiger partial charge in [0.05, 0.1) is 4.92 Å². The maximum atomic E-state index is 12.7. The van der Waals surface area contributed by atoms with Crippen molar-refractivity contribution < 1.29 is 28.9 Å². The summed E-state index contributed by atoms with van der Waals surface area (Å²) in [5, 5.41) is 14.4. The number of nitro groups is 1. The molecule has 2 aliphatic rings. The Hall–Kier alpha value is -3.63. The molecule has 0 saturated carbocycles. The molecule has 0 radical (unpaired) electrons. The summed E-state index contributed by atoms with van der Waals surface area (Å²) in [7, 11) is 0. The van der Waals surface area contributed by atoms with Crippen LogP contribution in [-0.4, -0.2) is 58.9 Å². The molecule has 11 heteroatoms. The van der Waals surface area contributed by atoms with Gasteiger partial charge in [0.2, 0.25) is 17.7 Å². The maximum absolute atomic E-state index is 12.7. The van der Waals surface area contributed by atoms with Gasteiger partial charge in [-0.2, -0.15) is 0 Å². The lowest BCUT2D eigenvalue weighted by molar-refractivity contribution is -0.384. The number of nitrogens with one attached hydrogen (secondary N) is 1.